The summed E-state index contributed by atoms with van der Waals surface area (Å²) in [5, 5.41) is 7.67. The summed E-state index contributed by atoms with van der Waals surface area (Å²) in [6.07, 6.45) is 8.33. The zero-order chi connectivity index (χ0) is 23.4. The smallest absolute Gasteiger partial charge is 0.184 e. The van der Waals surface area contributed by atoms with Crippen molar-refractivity contribution in [2.24, 2.45) is 4.99 Å². The Hall–Kier alpha value is -3.00. The fraction of sp³-hybridized carbons (Fsp3) is 0.360. The van der Waals surface area contributed by atoms with Gasteiger partial charge in [-0.2, -0.15) is 0 Å². The fourth-order valence-corrected chi connectivity index (χ4v) is 5.20. The highest BCUT2D eigenvalue weighted by Gasteiger charge is 2.23. The van der Waals surface area contributed by atoms with Crippen LogP contribution >= 0.6 is 11.3 Å². The van der Waals surface area contributed by atoms with Crippen LogP contribution in [0.15, 0.2) is 59.5 Å². The van der Waals surface area contributed by atoms with Crippen LogP contribution in [0.1, 0.15) is 30.9 Å². The van der Waals surface area contributed by atoms with Gasteiger partial charge in [0.1, 0.15) is 25.0 Å². The van der Waals surface area contributed by atoms with Gasteiger partial charge in [0.05, 0.1) is 10.2 Å². The lowest BCUT2D eigenvalue weighted by Gasteiger charge is -2.34. The zero-order valence-electron chi connectivity index (χ0n) is 19.0. The van der Waals surface area contributed by atoms with Crippen molar-refractivity contribution in [3.05, 3.63) is 65.7 Å². The number of hydrogen-bond donors (Lipinski definition) is 2. The van der Waals surface area contributed by atoms with E-state index in [4.69, 9.17) is 4.98 Å². The van der Waals surface area contributed by atoms with Crippen LogP contribution < -0.4 is 10.6 Å². The van der Waals surface area contributed by atoms with Gasteiger partial charge >= 0.3 is 0 Å². The second-order valence-electron chi connectivity index (χ2n) is 8.36. The Kier molecular flexibility index (Phi) is 7.23. The van der Waals surface area contributed by atoms with Crippen LogP contribution in [0.4, 0.5) is 13.9 Å². The lowest BCUT2D eigenvalue weighted by atomic mass is 10.0. The third-order valence-electron chi connectivity index (χ3n) is 5.78. The highest BCUT2D eigenvalue weighted by atomic mass is 32.1. The van der Waals surface area contributed by atoms with E-state index >= 15 is 0 Å². The molecule has 3 heterocycles. The number of aryl methyl sites for hydroxylation is 1. The van der Waals surface area contributed by atoms with Crippen molar-refractivity contribution in [3.8, 4) is 0 Å². The van der Waals surface area contributed by atoms with Gasteiger partial charge in [-0.05, 0) is 68.2 Å². The number of benzene rings is 1. The predicted octanol–water partition coefficient (Wildman–Crippen LogP) is 5.74. The van der Waals surface area contributed by atoms with Crippen LogP contribution in [0.2, 0.25) is 0 Å². The molecule has 0 bridgehead atoms. The monoisotopic (exact) mass is 469 g/mol. The molecule has 0 atom stereocenters. The average molecular weight is 470 g/mol. The van der Waals surface area contributed by atoms with Gasteiger partial charge in [0, 0.05) is 30.4 Å². The van der Waals surface area contributed by atoms with Crippen molar-refractivity contribution in [2.75, 3.05) is 31.7 Å². The predicted molar refractivity (Wildman–Crippen MR) is 135 cm³/mol. The van der Waals surface area contributed by atoms with Crippen LogP contribution in [-0.4, -0.2) is 48.2 Å². The van der Waals surface area contributed by atoms with Gasteiger partial charge in [-0.1, -0.05) is 24.0 Å². The van der Waals surface area contributed by atoms with E-state index in [0.29, 0.717) is 18.3 Å². The van der Waals surface area contributed by atoms with Gasteiger partial charge in [0.2, 0.25) is 0 Å². The molecule has 2 aliphatic heterocycles. The molecule has 174 valence electrons. The van der Waals surface area contributed by atoms with Crippen molar-refractivity contribution in [1.82, 2.24) is 15.2 Å². The second kappa shape index (κ2) is 10.3. The van der Waals surface area contributed by atoms with E-state index in [1.165, 1.54) is 12.2 Å². The minimum absolute atomic E-state index is 0.328. The quantitative estimate of drug-likeness (QED) is 0.530. The molecule has 0 spiro atoms. The Labute approximate surface area is 197 Å². The van der Waals surface area contributed by atoms with E-state index in [1.807, 2.05) is 13.0 Å². The normalized spacial score (nSPS) is 17.8. The number of alkyl halides is 1. The third kappa shape index (κ3) is 5.68. The standard InChI is InChI=1S/C25H29F2N5S/c1-16-12-21(19(6-9-26)5-4-17(2)27)24-22(13-16)33-25(31-24)30-20-7-10-32(11-8-20)23-14-18(3)28-15-29-23/h4-6,12-14,20,28H,2,7-11,15H2,1,3H3,(H,30,31)/b5-4-,19-6+. The van der Waals surface area contributed by atoms with Crippen LogP contribution in [-0.2, 0) is 0 Å². The number of rotatable bonds is 6. The molecule has 2 N–H and O–H groups in total. The van der Waals surface area contributed by atoms with Crippen LogP contribution in [0.5, 0.6) is 0 Å². The number of anilines is 1. The highest BCUT2D eigenvalue weighted by Crippen LogP contribution is 2.34. The van der Waals surface area contributed by atoms with Gasteiger partial charge in [0.25, 0.3) is 0 Å². The number of aliphatic imine (C=N–C) groups is 1. The molecular formula is C25H29F2N5S. The third-order valence-corrected chi connectivity index (χ3v) is 6.72. The minimum Gasteiger partial charge on any atom is -0.370 e. The van der Waals surface area contributed by atoms with Crippen LogP contribution in [0, 0.1) is 6.92 Å². The number of halogens is 2. The first kappa shape index (κ1) is 23.2. The second-order valence-corrected chi connectivity index (χ2v) is 9.39. The van der Waals surface area contributed by atoms with Gasteiger partial charge in [-0.3, -0.25) is 0 Å². The number of amidine groups is 1. The van der Waals surface area contributed by atoms with Crippen molar-refractivity contribution < 1.29 is 8.78 Å². The number of nitrogens with one attached hydrogen (secondary N) is 2. The largest absolute Gasteiger partial charge is 0.370 e. The Morgan fingerprint density at radius 3 is 2.79 bits per heavy atom. The summed E-state index contributed by atoms with van der Waals surface area (Å²) in [5.74, 6) is 0.484. The highest BCUT2D eigenvalue weighted by molar-refractivity contribution is 7.22. The number of hydrogen-bond acceptors (Lipinski definition) is 6. The van der Waals surface area contributed by atoms with Gasteiger partial charge in [-0.25, -0.2) is 18.8 Å². The maximum atomic E-state index is 13.2. The van der Waals surface area contributed by atoms with E-state index in [2.05, 4.69) is 46.2 Å². The first-order valence-electron chi connectivity index (χ1n) is 11.1. The molecule has 1 aromatic carbocycles. The molecule has 1 saturated heterocycles. The SMILES string of the molecule is C=C(F)/C=C\C(=C/CF)c1cc(C)cc2sc(NC3CCN(C4=NCNC(C)=C4)CC3)nc12. The van der Waals surface area contributed by atoms with Gasteiger partial charge in [-0.15, -0.1) is 0 Å². The molecule has 33 heavy (non-hydrogen) atoms. The molecular weight excluding hydrogens is 440 g/mol. The van der Waals surface area contributed by atoms with E-state index in [-0.39, 0.29) is 0 Å². The maximum Gasteiger partial charge on any atom is 0.184 e. The van der Waals surface area contributed by atoms with Gasteiger partial charge < -0.3 is 15.5 Å². The minimum atomic E-state index is -0.641. The van der Waals surface area contributed by atoms with Crippen molar-refractivity contribution in [1.29, 1.82) is 0 Å². The topological polar surface area (TPSA) is 52.5 Å². The summed E-state index contributed by atoms with van der Waals surface area (Å²) in [7, 11) is 0. The van der Waals surface area contributed by atoms with Crippen LogP contribution in [0.25, 0.3) is 15.8 Å². The van der Waals surface area contributed by atoms with Crippen molar-refractivity contribution >= 4 is 38.1 Å². The zero-order valence-corrected chi connectivity index (χ0v) is 19.8. The molecule has 1 fully saturated rings. The molecule has 1 aromatic heterocycles. The van der Waals surface area contributed by atoms with E-state index in [9.17, 15) is 8.78 Å². The summed E-state index contributed by atoms with van der Waals surface area (Å²) in [5.41, 5.74) is 4.38. The molecule has 0 amide bonds. The number of likely N-dealkylation sites (tertiary alicyclic amines) is 1. The lowest BCUT2D eigenvalue weighted by molar-refractivity contribution is 0.323. The van der Waals surface area contributed by atoms with Crippen molar-refractivity contribution in [3.63, 3.8) is 0 Å². The number of thiazole rings is 1. The average Bonchev–Trinajstić information content (AvgIpc) is 3.18. The number of allylic oxidation sites excluding steroid dienone is 6. The van der Waals surface area contributed by atoms with E-state index in [0.717, 1.165) is 63.9 Å². The summed E-state index contributed by atoms with van der Waals surface area (Å²) < 4.78 is 27.4. The van der Waals surface area contributed by atoms with Crippen molar-refractivity contribution in [2.45, 2.75) is 32.7 Å². The molecule has 5 nitrogen and oxygen atoms in total. The summed E-state index contributed by atoms with van der Waals surface area (Å²) in [4.78, 5) is 11.7. The lowest BCUT2D eigenvalue weighted by Crippen LogP contribution is -2.43. The number of aromatic nitrogens is 1. The van der Waals surface area contributed by atoms with E-state index in [1.54, 1.807) is 17.4 Å². The Balaban J connectivity index is 1.51. The molecule has 0 radical (unpaired) electrons. The fourth-order valence-electron chi connectivity index (χ4n) is 4.13. The van der Waals surface area contributed by atoms with Crippen LogP contribution in [0.3, 0.4) is 0 Å². The number of fused-ring (bicyclic) bond motifs is 1. The molecule has 0 unspecified atom stereocenters. The first-order valence-corrected chi connectivity index (χ1v) is 11.9. The summed E-state index contributed by atoms with van der Waals surface area (Å²) in [6, 6.07) is 4.38. The maximum absolute atomic E-state index is 13.2. The number of piperidine rings is 1. The van der Waals surface area contributed by atoms with E-state index < -0.39 is 12.5 Å². The molecule has 4 rings (SSSR count). The molecule has 2 aromatic rings. The summed E-state index contributed by atoms with van der Waals surface area (Å²) in [6.45, 7) is 9.19. The molecule has 2 aliphatic rings. The Morgan fingerprint density at radius 1 is 1.30 bits per heavy atom. The Morgan fingerprint density at radius 2 is 2.09 bits per heavy atom. The molecule has 0 saturated carbocycles. The Bertz CT molecular complexity index is 1150. The van der Waals surface area contributed by atoms with Gasteiger partial charge in [0.15, 0.2) is 5.13 Å². The molecule has 0 aliphatic carbocycles. The molecule has 8 heteroatoms. The summed E-state index contributed by atoms with van der Waals surface area (Å²) >= 11 is 1.59. The first-order chi connectivity index (χ1) is 15.9. The number of nitrogens with zero attached hydrogens (tertiary/aromatic N) is 3.